The standard InChI is InChI=1S/C28H35N5O/c1-19-20(2)33(17-21-8-9-21)26-24(19)16-25(28(34)31-14-12-30(3)13-15-31)29-27(26)32-11-10-22-6-4-5-7-23(22)18-32/h4-7,16,21H,8-15,17-18H2,1-3H3. The van der Waals surface area contributed by atoms with Gasteiger partial charge in [0.15, 0.2) is 5.82 Å². The molecule has 0 bridgehead atoms. The lowest BCUT2D eigenvalue weighted by Gasteiger charge is -2.33. The molecule has 1 amide bonds. The van der Waals surface area contributed by atoms with Gasteiger partial charge in [0.05, 0.1) is 5.52 Å². The summed E-state index contributed by atoms with van der Waals surface area (Å²) in [5.74, 6) is 1.83. The zero-order valence-corrected chi connectivity index (χ0v) is 20.7. The van der Waals surface area contributed by atoms with Crippen molar-refractivity contribution in [2.45, 2.75) is 46.2 Å². The predicted octanol–water partition coefficient (Wildman–Crippen LogP) is 4.01. The first kappa shape index (κ1) is 21.7. The number of likely N-dealkylation sites (N-methyl/N-ethyl adjacent to an activating group) is 1. The highest BCUT2D eigenvalue weighted by Gasteiger charge is 2.30. The molecule has 34 heavy (non-hydrogen) atoms. The van der Waals surface area contributed by atoms with Crippen molar-refractivity contribution in [3.63, 3.8) is 0 Å². The number of aromatic nitrogens is 2. The third kappa shape index (κ3) is 3.78. The monoisotopic (exact) mass is 457 g/mol. The smallest absolute Gasteiger partial charge is 0.272 e. The van der Waals surface area contributed by atoms with Crippen LogP contribution in [0.5, 0.6) is 0 Å². The van der Waals surface area contributed by atoms with Gasteiger partial charge in [0, 0.05) is 56.9 Å². The molecule has 178 valence electrons. The van der Waals surface area contributed by atoms with Gasteiger partial charge in [-0.2, -0.15) is 0 Å². The zero-order valence-electron chi connectivity index (χ0n) is 20.7. The number of carbonyl (C=O) groups is 1. The first-order valence-corrected chi connectivity index (χ1v) is 12.8. The number of pyridine rings is 1. The number of amides is 1. The number of hydrogen-bond acceptors (Lipinski definition) is 4. The minimum Gasteiger partial charge on any atom is -0.350 e. The number of hydrogen-bond donors (Lipinski definition) is 0. The minimum absolute atomic E-state index is 0.0701. The van der Waals surface area contributed by atoms with Gasteiger partial charge in [0.2, 0.25) is 0 Å². The van der Waals surface area contributed by atoms with Crippen molar-refractivity contribution in [3.05, 3.63) is 58.4 Å². The van der Waals surface area contributed by atoms with Gasteiger partial charge in [0.1, 0.15) is 5.69 Å². The van der Waals surface area contributed by atoms with E-state index in [1.165, 1.54) is 46.1 Å². The molecule has 1 saturated carbocycles. The van der Waals surface area contributed by atoms with Crippen LogP contribution in [0.2, 0.25) is 0 Å². The average Bonchev–Trinajstić information content (AvgIpc) is 3.66. The molecule has 1 aliphatic carbocycles. The van der Waals surface area contributed by atoms with Gasteiger partial charge in [0.25, 0.3) is 5.91 Å². The van der Waals surface area contributed by atoms with E-state index in [0.717, 1.165) is 64.0 Å². The van der Waals surface area contributed by atoms with Crippen LogP contribution in [-0.4, -0.2) is 65.0 Å². The Morgan fingerprint density at radius 1 is 1.03 bits per heavy atom. The van der Waals surface area contributed by atoms with E-state index in [0.29, 0.717) is 5.69 Å². The molecule has 0 N–H and O–H groups in total. The Morgan fingerprint density at radius 3 is 2.50 bits per heavy atom. The van der Waals surface area contributed by atoms with E-state index in [9.17, 15) is 4.79 Å². The number of fused-ring (bicyclic) bond motifs is 2. The summed E-state index contributed by atoms with van der Waals surface area (Å²) in [6.45, 7) is 10.6. The number of piperazine rings is 1. The van der Waals surface area contributed by atoms with Crippen LogP contribution < -0.4 is 4.90 Å². The number of nitrogens with zero attached hydrogens (tertiary/aromatic N) is 5. The third-order valence-corrected chi connectivity index (χ3v) is 8.17. The number of anilines is 1. The highest BCUT2D eigenvalue weighted by Crippen LogP contribution is 2.38. The molecular weight excluding hydrogens is 422 g/mol. The summed E-state index contributed by atoms with van der Waals surface area (Å²) >= 11 is 0. The second-order valence-corrected chi connectivity index (χ2v) is 10.5. The first-order valence-electron chi connectivity index (χ1n) is 12.8. The van der Waals surface area contributed by atoms with E-state index in [1.807, 2.05) is 4.90 Å². The number of carbonyl (C=O) groups excluding carboxylic acids is 1. The topological polar surface area (TPSA) is 44.6 Å². The zero-order chi connectivity index (χ0) is 23.4. The number of aryl methyl sites for hydroxylation is 1. The van der Waals surface area contributed by atoms with E-state index >= 15 is 0 Å². The van der Waals surface area contributed by atoms with Crippen LogP contribution in [0.25, 0.3) is 10.9 Å². The minimum atomic E-state index is 0.0701. The molecule has 0 atom stereocenters. The van der Waals surface area contributed by atoms with Crippen molar-refractivity contribution in [1.29, 1.82) is 0 Å². The molecule has 0 unspecified atom stereocenters. The Kier molecular flexibility index (Phi) is 5.36. The Balaban J connectivity index is 1.46. The lowest BCUT2D eigenvalue weighted by molar-refractivity contribution is 0.0658. The SMILES string of the molecule is Cc1c(C)n(CC2CC2)c2c(N3CCc4ccccc4C3)nc(C(=O)N3CCN(C)CC3)cc12. The Morgan fingerprint density at radius 2 is 1.76 bits per heavy atom. The van der Waals surface area contributed by atoms with Crippen molar-refractivity contribution in [1.82, 2.24) is 19.4 Å². The first-order chi connectivity index (χ1) is 16.5. The molecule has 2 fully saturated rings. The largest absolute Gasteiger partial charge is 0.350 e. The molecule has 3 aliphatic rings. The molecule has 6 rings (SSSR count). The highest BCUT2D eigenvalue weighted by atomic mass is 16.2. The van der Waals surface area contributed by atoms with Crippen LogP contribution in [0.4, 0.5) is 5.82 Å². The normalized spacial score (nSPS) is 19.0. The van der Waals surface area contributed by atoms with Gasteiger partial charge < -0.3 is 19.3 Å². The van der Waals surface area contributed by atoms with Gasteiger partial charge in [-0.1, -0.05) is 24.3 Å². The maximum Gasteiger partial charge on any atom is 0.272 e. The summed E-state index contributed by atoms with van der Waals surface area (Å²) in [6.07, 6.45) is 3.65. The maximum absolute atomic E-state index is 13.6. The molecule has 0 spiro atoms. The lowest BCUT2D eigenvalue weighted by Crippen LogP contribution is -2.47. The second kappa shape index (κ2) is 8.42. The van der Waals surface area contributed by atoms with Crippen LogP contribution in [0.15, 0.2) is 30.3 Å². The molecule has 6 nitrogen and oxygen atoms in total. The molecular formula is C28H35N5O. The van der Waals surface area contributed by atoms with Gasteiger partial charge in [-0.15, -0.1) is 0 Å². The Bertz CT molecular complexity index is 1250. The van der Waals surface area contributed by atoms with Crippen LogP contribution in [-0.2, 0) is 19.5 Å². The molecule has 1 aromatic carbocycles. The van der Waals surface area contributed by atoms with Crippen molar-refractivity contribution < 1.29 is 4.79 Å². The van der Waals surface area contributed by atoms with Crippen molar-refractivity contribution >= 4 is 22.6 Å². The molecule has 3 aromatic rings. The third-order valence-electron chi connectivity index (χ3n) is 8.17. The highest BCUT2D eigenvalue weighted by molar-refractivity contribution is 6.01. The molecule has 6 heteroatoms. The molecule has 1 saturated heterocycles. The van der Waals surface area contributed by atoms with Crippen molar-refractivity contribution in [2.24, 2.45) is 5.92 Å². The number of benzene rings is 1. The van der Waals surface area contributed by atoms with Crippen molar-refractivity contribution in [2.75, 3.05) is 44.7 Å². The summed E-state index contributed by atoms with van der Waals surface area (Å²) in [4.78, 5) is 25.4. The number of rotatable bonds is 4. The second-order valence-electron chi connectivity index (χ2n) is 10.5. The van der Waals surface area contributed by atoms with Crippen LogP contribution in [0, 0.1) is 19.8 Å². The summed E-state index contributed by atoms with van der Waals surface area (Å²) in [6, 6.07) is 10.8. The van der Waals surface area contributed by atoms with Gasteiger partial charge in [-0.3, -0.25) is 4.79 Å². The molecule has 4 heterocycles. The summed E-state index contributed by atoms with van der Waals surface area (Å²) in [5.41, 5.74) is 7.21. The molecule has 2 aliphatic heterocycles. The van der Waals surface area contributed by atoms with Crippen molar-refractivity contribution in [3.8, 4) is 0 Å². The predicted molar refractivity (Wildman–Crippen MR) is 137 cm³/mol. The molecule has 2 aromatic heterocycles. The Labute approximate surface area is 202 Å². The molecule has 0 radical (unpaired) electrons. The summed E-state index contributed by atoms with van der Waals surface area (Å²) < 4.78 is 2.50. The van der Waals surface area contributed by atoms with Gasteiger partial charge >= 0.3 is 0 Å². The van der Waals surface area contributed by atoms with Crippen LogP contribution in [0.3, 0.4) is 0 Å². The van der Waals surface area contributed by atoms with Crippen LogP contribution >= 0.6 is 0 Å². The van der Waals surface area contributed by atoms with Crippen LogP contribution in [0.1, 0.15) is 45.7 Å². The van der Waals surface area contributed by atoms with E-state index in [1.54, 1.807) is 0 Å². The summed E-state index contributed by atoms with van der Waals surface area (Å²) in [5, 5.41) is 1.19. The van der Waals surface area contributed by atoms with Gasteiger partial charge in [-0.05, 0) is 68.8 Å². The quantitative estimate of drug-likeness (QED) is 0.594. The van der Waals surface area contributed by atoms with E-state index in [-0.39, 0.29) is 5.91 Å². The van der Waals surface area contributed by atoms with E-state index in [2.05, 4.69) is 65.6 Å². The maximum atomic E-state index is 13.6. The fourth-order valence-corrected chi connectivity index (χ4v) is 5.61. The van der Waals surface area contributed by atoms with Gasteiger partial charge in [-0.25, -0.2) is 4.98 Å². The summed E-state index contributed by atoms with van der Waals surface area (Å²) in [7, 11) is 2.12. The lowest BCUT2D eigenvalue weighted by atomic mass is 10.00. The Hall–Kier alpha value is -2.86. The average molecular weight is 458 g/mol. The fourth-order valence-electron chi connectivity index (χ4n) is 5.61. The van der Waals surface area contributed by atoms with E-state index in [4.69, 9.17) is 4.98 Å². The van der Waals surface area contributed by atoms with E-state index < -0.39 is 0 Å². The fraction of sp³-hybridized carbons (Fsp3) is 0.500.